The van der Waals surface area contributed by atoms with Gasteiger partial charge >= 0.3 is 0 Å². The maximum atomic E-state index is 4.26. The normalized spacial score (nSPS) is 12.4. The number of aliphatic imine (C=N–C) groups is 1. The summed E-state index contributed by atoms with van der Waals surface area (Å²) < 4.78 is 1.93. The summed E-state index contributed by atoms with van der Waals surface area (Å²) >= 11 is 0. The van der Waals surface area contributed by atoms with Gasteiger partial charge in [-0.05, 0) is 25.0 Å². The molecule has 1 heterocycles. The van der Waals surface area contributed by atoms with Crippen molar-refractivity contribution in [3.05, 3.63) is 54.4 Å². The van der Waals surface area contributed by atoms with Crippen molar-refractivity contribution >= 4 is 29.9 Å². The quantitative estimate of drug-likeness (QED) is 0.332. The molecule has 0 aliphatic rings. The van der Waals surface area contributed by atoms with Crippen LogP contribution in [0.4, 0.5) is 0 Å². The third-order valence-corrected chi connectivity index (χ3v) is 3.29. The summed E-state index contributed by atoms with van der Waals surface area (Å²) in [7, 11) is 1.79. The van der Waals surface area contributed by atoms with Gasteiger partial charge in [0.15, 0.2) is 5.96 Å². The molecule has 1 aromatic carbocycles. The van der Waals surface area contributed by atoms with Crippen molar-refractivity contribution in [2.24, 2.45) is 4.99 Å². The first-order chi connectivity index (χ1) is 10.3. The third-order valence-electron chi connectivity index (χ3n) is 3.29. The summed E-state index contributed by atoms with van der Waals surface area (Å²) in [6, 6.07) is 12.5. The number of aromatic nitrogens is 2. The van der Waals surface area contributed by atoms with E-state index in [1.807, 2.05) is 35.1 Å². The van der Waals surface area contributed by atoms with Crippen molar-refractivity contribution < 1.29 is 0 Å². The summed E-state index contributed by atoms with van der Waals surface area (Å²) in [6.45, 7) is 3.90. The van der Waals surface area contributed by atoms with Gasteiger partial charge in [0.25, 0.3) is 0 Å². The molecule has 120 valence electrons. The van der Waals surface area contributed by atoms with E-state index in [9.17, 15) is 0 Å². The van der Waals surface area contributed by atoms with Gasteiger partial charge in [-0.3, -0.25) is 9.67 Å². The molecule has 0 saturated heterocycles. The maximum Gasteiger partial charge on any atom is 0.191 e. The van der Waals surface area contributed by atoms with Crippen molar-refractivity contribution in [1.82, 2.24) is 20.4 Å². The molecule has 0 bridgehead atoms. The Morgan fingerprint density at radius 2 is 2.05 bits per heavy atom. The second-order valence-electron chi connectivity index (χ2n) is 4.90. The first kappa shape index (κ1) is 18.5. The Hall–Kier alpha value is -1.57. The summed E-state index contributed by atoms with van der Waals surface area (Å²) in [4.78, 5) is 4.26. The molecule has 0 aliphatic carbocycles. The van der Waals surface area contributed by atoms with E-state index in [0.717, 1.165) is 25.5 Å². The van der Waals surface area contributed by atoms with Gasteiger partial charge in [-0.25, -0.2) is 0 Å². The molecule has 1 unspecified atom stereocenters. The Morgan fingerprint density at radius 3 is 2.68 bits per heavy atom. The fourth-order valence-corrected chi connectivity index (χ4v) is 2.11. The third kappa shape index (κ3) is 6.05. The number of hydrogen-bond acceptors (Lipinski definition) is 2. The highest BCUT2D eigenvalue weighted by Crippen LogP contribution is 2.10. The number of benzene rings is 1. The van der Waals surface area contributed by atoms with Gasteiger partial charge in [-0.2, -0.15) is 5.10 Å². The Balaban J connectivity index is 0.00000242. The smallest absolute Gasteiger partial charge is 0.191 e. The molecular formula is C16H24IN5. The molecule has 0 spiro atoms. The van der Waals surface area contributed by atoms with Gasteiger partial charge in [0.2, 0.25) is 0 Å². The predicted octanol–water partition coefficient (Wildman–Crippen LogP) is 2.82. The van der Waals surface area contributed by atoms with E-state index >= 15 is 0 Å². The molecule has 1 atom stereocenters. The van der Waals surface area contributed by atoms with Crippen molar-refractivity contribution in [2.75, 3.05) is 13.6 Å². The van der Waals surface area contributed by atoms with Gasteiger partial charge in [0.05, 0.1) is 6.04 Å². The minimum absolute atomic E-state index is 0. The van der Waals surface area contributed by atoms with Crippen molar-refractivity contribution in [1.29, 1.82) is 0 Å². The fraction of sp³-hybridized carbons (Fsp3) is 0.375. The standard InChI is InChI=1S/C16H23N5.HI/c1-14(15-8-4-3-5-9-15)20-16(17-2)18-10-6-12-21-13-7-11-19-21;/h3-5,7-9,11,13-14H,6,10,12H2,1-2H3,(H2,17,18,20);1H. The average molecular weight is 413 g/mol. The molecule has 22 heavy (non-hydrogen) atoms. The molecule has 0 aliphatic heterocycles. The Bertz CT molecular complexity index is 539. The van der Waals surface area contributed by atoms with Gasteiger partial charge in [-0.15, -0.1) is 24.0 Å². The van der Waals surface area contributed by atoms with E-state index in [-0.39, 0.29) is 30.0 Å². The van der Waals surface area contributed by atoms with Gasteiger partial charge < -0.3 is 10.6 Å². The molecule has 0 amide bonds. The number of hydrogen-bond donors (Lipinski definition) is 2. The van der Waals surface area contributed by atoms with Crippen LogP contribution >= 0.6 is 24.0 Å². The Morgan fingerprint density at radius 1 is 1.27 bits per heavy atom. The van der Waals surface area contributed by atoms with E-state index in [1.165, 1.54) is 5.56 Å². The summed E-state index contributed by atoms with van der Waals surface area (Å²) in [5, 5.41) is 10.9. The predicted molar refractivity (Wildman–Crippen MR) is 102 cm³/mol. The van der Waals surface area contributed by atoms with Crippen molar-refractivity contribution in [3.63, 3.8) is 0 Å². The topological polar surface area (TPSA) is 54.2 Å². The zero-order valence-corrected chi connectivity index (χ0v) is 15.4. The monoisotopic (exact) mass is 413 g/mol. The SMILES string of the molecule is CN=C(NCCCn1cccn1)NC(C)c1ccccc1.I. The lowest BCUT2D eigenvalue weighted by molar-refractivity contribution is 0.567. The summed E-state index contributed by atoms with van der Waals surface area (Å²) in [5.74, 6) is 0.826. The van der Waals surface area contributed by atoms with E-state index in [2.05, 4.69) is 39.8 Å². The lowest BCUT2D eigenvalue weighted by Gasteiger charge is -2.18. The molecular weight excluding hydrogens is 389 g/mol. The number of nitrogens with zero attached hydrogens (tertiary/aromatic N) is 3. The highest BCUT2D eigenvalue weighted by molar-refractivity contribution is 14.0. The number of aryl methyl sites for hydroxylation is 1. The van der Waals surface area contributed by atoms with Crippen LogP contribution in [-0.4, -0.2) is 29.3 Å². The van der Waals surface area contributed by atoms with Gasteiger partial charge in [-0.1, -0.05) is 30.3 Å². The van der Waals surface area contributed by atoms with Crippen LogP contribution in [0.5, 0.6) is 0 Å². The molecule has 0 radical (unpaired) electrons. The van der Waals surface area contributed by atoms with Crippen LogP contribution in [0.2, 0.25) is 0 Å². The largest absolute Gasteiger partial charge is 0.356 e. The highest BCUT2D eigenvalue weighted by Gasteiger charge is 2.06. The Kier molecular flexibility index (Phi) is 8.57. The van der Waals surface area contributed by atoms with Crippen LogP contribution in [0.3, 0.4) is 0 Å². The van der Waals surface area contributed by atoms with Crippen molar-refractivity contribution in [2.45, 2.75) is 25.9 Å². The molecule has 0 saturated carbocycles. The van der Waals surface area contributed by atoms with Crippen LogP contribution in [-0.2, 0) is 6.54 Å². The fourth-order valence-electron chi connectivity index (χ4n) is 2.11. The van der Waals surface area contributed by atoms with Gasteiger partial charge in [0, 0.05) is 32.5 Å². The molecule has 0 fully saturated rings. The number of rotatable bonds is 6. The lowest BCUT2D eigenvalue weighted by Crippen LogP contribution is -2.39. The van der Waals surface area contributed by atoms with Crippen LogP contribution in [0, 0.1) is 0 Å². The summed E-state index contributed by atoms with van der Waals surface area (Å²) in [6.07, 6.45) is 4.78. The van der Waals surface area contributed by atoms with Crippen molar-refractivity contribution in [3.8, 4) is 0 Å². The highest BCUT2D eigenvalue weighted by atomic mass is 127. The molecule has 2 aromatic rings. The van der Waals surface area contributed by atoms with E-state index in [4.69, 9.17) is 0 Å². The number of guanidine groups is 1. The minimum atomic E-state index is 0. The van der Waals surface area contributed by atoms with E-state index in [0.29, 0.717) is 0 Å². The lowest BCUT2D eigenvalue weighted by atomic mass is 10.1. The molecule has 1 aromatic heterocycles. The van der Waals surface area contributed by atoms with Gasteiger partial charge in [0.1, 0.15) is 0 Å². The second-order valence-corrected chi connectivity index (χ2v) is 4.90. The zero-order valence-electron chi connectivity index (χ0n) is 13.1. The first-order valence-electron chi connectivity index (χ1n) is 7.29. The van der Waals surface area contributed by atoms with E-state index in [1.54, 1.807) is 13.2 Å². The molecule has 2 rings (SSSR count). The minimum Gasteiger partial charge on any atom is -0.356 e. The van der Waals surface area contributed by atoms with E-state index < -0.39 is 0 Å². The molecule has 5 nitrogen and oxygen atoms in total. The Labute approximate surface area is 149 Å². The first-order valence-corrected chi connectivity index (χ1v) is 7.29. The second kappa shape index (κ2) is 10.2. The van der Waals surface area contributed by atoms with Crippen LogP contribution in [0.25, 0.3) is 0 Å². The average Bonchev–Trinajstić information content (AvgIpc) is 3.04. The summed E-state index contributed by atoms with van der Waals surface area (Å²) in [5.41, 5.74) is 1.25. The van der Waals surface area contributed by atoms with Crippen LogP contribution in [0.1, 0.15) is 24.9 Å². The molecule has 2 N–H and O–H groups in total. The number of halogens is 1. The molecule has 6 heteroatoms. The van der Waals surface area contributed by atoms with Crippen LogP contribution in [0.15, 0.2) is 53.8 Å². The van der Waals surface area contributed by atoms with Crippen LogP contribution < -0.4 is 10.6 Å². The number of nitrogens with one attached hydrogen (secondary N) is 2. The maximum absolute atomic E-state index is 4.26. The zero-order chi connectivity index (χ0) is 14.9.